The predicted molar refractivity (Wildman–Crippen MR) is 76.0 cm³/mol. The molecule has 0 saturated carbocycles. The maximum absolute atomic E-state index is 12.5. The number of carboxylic acid groups (broad SMARTS) is 1. The molecule has 2 heterocycles. The van der Waals surface area contributed by atoms with Gasteiger partial charge in [0.2, 0.25) is 0 Å². The second-order valence-corrected chi connectivity index (χ2v) is 5.06. The van der Waals surface area contributed by atoms with Gasteiger partial charge in [-0.15, -0.1) is 0 Å². The van der Waals surface area contributed by atoms with E-state index in [1.807, 2.05) is 24.3 Å². The smallest absolute Gasteiger partial charge is 0.337 e. The van der Waals surface area contributed by atoms with E-state index < -0.39 is 5.97 Å². The zero-order chi connectivity index (χ0) is 15.0. The van der Waals surface area contributed by atoms with Crippen molar-refractivity contribution in [3.05, 3.63) is 64.5 Å². The van der Waals surface area contributed by atoms with Crippen molar-refractivity contribution in [3.8, 4) is 0 Å². The van der Waals surface area contributed by atoms with Crippen LogP contribution in [0.25, 0.3) is 0 Å². The Labute approximate surface area is 121 Å². The number of carbonyl (C=O) groups excluding carboxylic acids is 1. The van der Waals surface area contributed by atoms with E-state index in [9.17, 15) is 9.59 Å². The molecular formula is C16H14N2O3. The number of aryl methyl sites for hydroxylation is 1. The summed E-state index contributed by atoms with van der Waals surface area (Å²) in [5.41, 5.74) is 3.04. The van der Waals surface area contributed by atoms with Crippen molar-refractivity contribution in [2.24, 2.45) is 0 Å². The fraction of sp³-hybridized carbons (Fsp3) is 0.188. The number of rotatable bonds is 2. The lowest BCUT2D eigenvalue weighted by molar-refractivity contribution is 0.0691. The molecule has 5 nitrogen and oxygen atoms in total. The lowest BCUT2D eigenvalue weighted by Crippen LogP contribution is -2.26. The summed E-state index contributed by atoms with van der Waals surface area (Å²) in [6.45, 7) is 2.73. The van der Waals surface area contributed by atoms with Crippen LogP contribution in [0.2, 0.25) is 0 Å². The van der Waals surface area contributed by atoms with Crippen LogP contribution in [0.3, 0.4) is 0 Å². The van der Waals surface area contributed by atoms with Crippen LogP contribution in [-0.4, -0.2) is 26.9 Å². The fourth-order valence-electron chi connectivity index (χ4n) is 2.54. The van der Waals surface area contributed by atoms with Crippen molar-refractivity contribution >= 4 is 11.9 Å². The molecule has 1 aromatic heterocycles. The first kappa shape index (κ1) is 13.3. The lowest BCUT2D eigenvalue weighted by atomic mass is 10.1. The number of hydrogen-bond donors (Lipinski definition) is 1. The standard InChI is InChI=1S/C16H14N2O3/c1-10-13(16(20)21)6-7-14(17-10)15(19)18-8-11-4-2-3-5-12(11)9-18/h2-7H,8-9H2,1H3,(H,20,21). The summed E-state index contributed by atoms with van der Waals surface area (Å²) >= 11 is 0. The van der Waals surface area contributed by atoms with Crippen LogP contribution in [0.15, 0.2) is 36.4 Å². The first-order chi connectivity index (χ1) is 10.1. The minimum Gasteiger partial charge on any atom is -0.478 e. The van der Waals surface area contributed by atoms with Gasteiger partial charge in [-0.2, -0.15) is 0 Å². The van der Waals surface area contributed by atoms with E-state index >= 15 is 0 Å². The van der Waals surface area contributed by atoms with Gasteiger partial charge in [0.05, 0.1) is 11.3 Å². The Morgan fingerprint density at radius 3 is 2.24 bits per heavy atom. The second kappa shape index (κ2) is 5.01. The highest BCUT2D eigenvalue weighted by Crippen LogP contribution is 2.23. The number of pyridine rings is 1. The quantitative estimate of drug-likeness (QED) is 0.917. The van der Waals surface area contributed by atoms with Gasteiger partial charge in [0, 0.05) is 13.1 Å². The highest BCUT2D eigenvalue weighted by molar-refractivity contribution is 5.94. The third kappa shape index (κ3) is 2.38. The second-order valence-electron chi connectivity index (χ2n) is 5.06. The third-order valence-corrected chi connectivity index (χ3v) is 3.66. The SMILES string of the molecule is Cc1nc(C(=O)N2Cc3ccccc3C2)ccc1C(=O)O. The van der Waals surface area contributed by atoms with E-state index in [1.54, 1.807) is 11.8 Å². The minimum atomic E-state index is -1.03. The maximum Gasteiger partial charge on any atom is 0.337 e. The number of aromatic carboxylic acids is 1. The number of carboxylic acids is 1. The Kier molecular flexibility index (Phi) is 3.17. The van der Waals surface area contributed by atoms with Crippen molar-refractivity contribution in [2.75, 3.05) is 0 Å². The van der Waals surface area contributed by atoms with Crippen LogP contribution in [0.5, 0.6) is 0 Å². The molecule has 1 amide bonds. The van der Waals surface area contributed by atoms with E-state index in [2.05, 4.69) is 4.98 Å². The molecule has 3 rings (SSSR count). The molecule has 5 heteroatoms. The van der Waals surface area contributed by atoms with Gasteiger partial charge in [-0.25, -0.2) is 9.78 Å². The summed E-state index contributed by atoms with van der Waals surface area (Å²) in [5.74, 6) is -1.21. The van der Waals surface area contributed by atoms with Gasteiger partial charge in [-0.05, 0) is 30.2 Å². The average molecular weight is 282 g/mol. The van der Waals surface area contributed by atoms with Gasteiger partial charge in [-0.1, -0.05) is 24.3 Å². The summed E-state index contributed by atoms with van der Waals surface area (Å²) in [6, 6.07) is 10.8. The highest BCUT2D eigenvalue weighted by Gasteiger charge is 2.25. The van der Waals surface area contributed by atoms with Gasteiger partial charge in [0.1, 0.15) is 5.69 Å². The summed E-state index contributed by atoms with van der Waals surface area (Å²) in [7, 11) is 0. The van der Waals surface area contributed by atoms with Gasteiger partial charge >= 0.3 is 5.97 Å². The van der Waals surface area contributed by atoms with Gasteiger partial charge in [0.25, 0.3) is 5.91 Å². The first-order valence-corrected chi connectivity index (χ1v) is 6.63. The normalized spacial score (nSPS) is 13.1. The maximum atomic E-state index is 12.5. The van der Waals surface area contributed by atoms with Crippen molar-refractivity contribution < 1.29 is 14.7 Å². The molecule has 0 radical (unpaired) electrons. The molecule has 0 aliphatic carbocycles. The van der Waals surface area contributed by atoms with Crippen LogP contribution in [0.1, 0.15) is 37.7 Å². The molecule has 0 unspecified atom stereocenters. The Morgan fingerprint density at radius 2 is 1.71 bits per heavy atom. The molecule has 1 aromatic carbocycles. The lowest BCUT2D eigenvalue weighted by Gasteiger charge is -2.15. The molecule has 2 aromatic rings. The molecule has 1 aliphatic rings. The fourth-order valence-corrected chi connectivity index (χ4v) is 2.54. The van der Waals surface area contributed by atoms with E-state index in [1.165, 1.54) is 12.1 Å². The minimum absolute atomic E-state index is 0.122. The number of fused-ring (bicyclic) bond motifs is 1. The van der Waals surface area contributed by atoms with E-state index in [4.69, 9.17) is 5.11 Å². The third-order valence-electron chi connectivity index (χ3n) is 3.66. The average Bonchev–Trinajstić information content (AvgIpc) is 2.89. The topological polar surface area (TPSA) is 70.5 Å². The molecule has 106 valence electrons. The molecule has 0 spiro atoms. The first-order valence-electron chi connectivity index (χ1n) is 6.63. The van der Waals surface area contributed by atoms with Crippen LogP contribution in [0.4, 0.5) is 0 Å². The van der Waals surface area contributed by atoms with E-state index in [-0.39, 0.29) is 17.2 Å². The van der Waals surface area contributed by atoms with Gasteiger partial charge < -0.3 is 10.0 Å². The van der Waals surface area contributed by atoms with Crippen LogP contribution >= 0.6 is 0 Å². The summed E-state index contributed by atoms with van der Waals surface area (Å²) in [5, 5.41) is 8.99. The number of nitrogens with zero attached hydrogens (tertiary/aromatic N) is 2. The monoisotopic (exact) mass is 282 g/mol. The van der Waals surface area contributed by atoms with Crippen LogP contribution < -0.4 is 0 Å². The number of carbonyl (C=O) groups is 2. The molecule has 1 N–H and O–H groups in total. The zero-order valence-electron chi connectivity index (χ0n) is 11.5. The van der Waals surface area contributed by atoms with Crippen molar-refractivity contribution in [1.29, 1.82) is 0 Å². The summed E-state index contributed by atoms with van der Waals surface area (Å²) < 4.78 is 0. The van der Waals surface area contributed by atoms with Crippen LogP contribution in [0, 0.1) is 6.92 Å². The number of aromatic nitrogens is 1. The number of hydrogen-bond acceptors (Lipinski definition) is 3. The molecular weight excluding hydrogens is 268 g/mol. The zero-order valence-corrected chi connectivity index (χ0v) is 11.5. The molecule has 21 heavy (non-hydrogen) atoms. The Balaban J connectivity index is 1.84. The Bertz CT molecular complexity index is 715. The number of benzene rings is 1. The largest absolute Gasteiger partial charge is 0.478 e. The van der Waals surface area contributed by atoms with Crippen molar-refractivity contribution in [3.63, 3.8) is 0 Å². The number of amides is 1. The Hall–Kier alpha value is -2.69. The Morgan fingerprint density at radius 1 is 1.10 bits per heavy atom. The predicted octanol–water partition coefficient (Wildman–Crippen LogP) is 2.24. The molecule has 0 atom stereocenters. The molecule has 1 aliphatic heterocycles. The van der Waals surface area contributed by atoms with E-state index in [0.29, 0.717) is 18.8 Å². The molecule has 0 bridgehead atoms. The summed E-state index contributed by atoms with van der Waals surface area (Å²) in [6.07, 6.45) is 0. The van der Waals surface area contributed by atoms with Gasteiger partial charge in [-0.3, -0.25) is 4.79 Å². The highest BCUT2D eigenvalue weighted by atomic mass is 16.4. The van der Waals surface area contributed by atoms with Gasteiger partial charge in [0.15, 0.2) is 0 Å². The van der Waals surface area contributed by atoms with Crippen LogP contribution in [-0.2, 0) is 13.1 Å². The van der Waals surface area contributed by atoms with Crippen molar-refractivity contribution in [1.82, 2.24) is 9.88 Å². The molecule has 0 fully saturated rings. The van der Waals surface area contributed by atoms with E-state index in [0.717, 1.165) is 11.1 Å². The molecule has 0 saturated heterocycles. The summed E-state index contributed by atoms with van der Waals surface area (Å²) in [4.78, 5) is 29.3. The van der Waals surface area contributed by atoms with Crippen molar-refractivity contribution in [2.45, 2.75) is 20.0 Å².